The van der Waals surface area contributed by atoms with Gasteiger partial charge in [-0.1, -0.05) is 30.7 Å². The van der Waals surface area contributed by atoms with Gasteiger partial charge in [0.25, 0.3) is 5.91 Å². The van der Waals surface area contributed by atoms with Crippen LogP contribution in [0.2, 0.25) is 5.02 Å². The average molecular weight is 543 g/mol. The number of hydrogen-bond donors (Lipinski definition) is 4. The van der Waals surface area contributed by atoms with Crippen LogP contribution in [-0.2, 0) is 29.1 Å². The molecule has 0 saturated carbocycles. The molecule has 1 aromatic carbocycles. The Labute approximate surface area is 224 Å². The van der Waals surface area contributed by atoms with Gasteiger partial charge in [-0.05, 0) is 30.5 Å². The van der Waals surface area contributed by atoms with Gasteiger partial charge in [-0.3, -0.25) is 19.1 Å². The summed E-state index contributed by atoms with van der Waals surface area (Å²) >= 11 is 6.17. The number of aromatic nitrogens is 5. The van der Waals surface area contributed by atoms with E-state index in [1.54, 1.807) is 35.3 Å². The van der Waals surface area contributed by atoms with E-state index < -0.39 is 23.9 Å². The third-order valence-electron chi connectivity index (χ3n) is 5.95. The molecule has 3 aromatic rings. The lowest BCUT2D eigenvalue weighted by Crippen LogP contribution is -2.54. The van der Waals surface area contributed by atoms with E-state index in [4.69, 9.17) is 16.3 Å². The van der Waals surface area contributed by atoms with Crippen LogP contribution in [0.4, 0.5) is 0 Å². The van der Waals surface area contributed by atoms with Gasteiger partial charge < -0.3 is 25.7 Å². The number of carbonyl (C=O) groups is 3. The van der Waals surface area contributed by atoms with Crippen molar-refractivity contribution < 1.29 is 19.1 Å². The predicted molar refractivity (Wildman–Crippen MR) is 138 cm³/mol. The Morgan fingerprint density at radius 3 is 2.76 bits per heavy atom. The normalized spacial score (nSPS) is 19.4. The van der Waals surface area contributed by atoms with Crippen molar-refractivity contribution in [1.82, 2.24) is 40.9 Å². The molecule has 0 saturated heterocycles. The van der Waals surface area contributed by atoms with Gasteiger partial charge in [0.1, 0.15) is 23.5 Å². The number of ether oxygens (including phenoxy) is 1. The van der Waals surface area contributed by atoms with Crippen molar-refractivity contribution in [1.29, 1.82) is 0 Å². The Kier molecular flexibility index (Phi) is 8.95. The smallest absolute Gasteiger partial charge is 0.255 e. The summed E-state index contributed by atoms with van der Waals surface area (Å²) in [7, 11) is 0. The predicted octanol–water partition coefficient (Wildman–Crippen LogP) is 1.63. The van der Waals surface area contributed by atoms with Gasteiger partial charge in [-0.15, -0.1) is 5.10 Å². The number of hydrogen-bond acceptors (Lipinski definition) is 7. The molecule has 4 N–H and O–H groups in total. The number of rotatable bonds is 4. The lowest BCUT2D eigenvalue weighted by molar-refractivity contribution is -0.130. The molecule has 38 heavy (non-hydrogen) atoms. The molecule has 4 rings (SSSR count). The number of aryl methyl sites for hydroxylation is 1. The molecule has 0 fully saturated rings. The number of imidazole rings is 1. The second-order valence-corrected chi connectivity index (χ2v) is 9.97. The molecule has 0 unspecified atom stereocenters. The van der Waals surface area contributed by atoms with Gasteiger partial charge >= 0.3 is 0 Å². The van der Waals surface area contributed by atoms with E-state index >= 15 is 0 Å². The Morgan fingerprint density at radius 2 is 2.00 bits per heavy atom. The lowest BCUT2D eigenvalue weighted by Gasteiger charge is -2.24. The van der Waals surface area contributed by atoms with Crippen LogP contribution in [0.25, 0.3) is 0 Å². The first kappa shape index (κ1) is 27.1. The number of amides is 3. The van der Waals surface area contributed by atoms with Crippen molar-refractivity contribution in [3.8, 4) is 5.75 Å². The zero-order valence-corrected chi connectivity index (χ0v) is 22.0. The molecule has 3 amide bonds. The van der Waals surface area contributed by atoms with Crippen LogP contribution >= 0.6 is 11.6 Å². The van der Waals surface area contributed by atoms with Gasteiger partial charge in [-0.2, -0.15) is 0 Å². The van der Waals surface area contributed by atoms with Crippen molar-refractivity contribution in [3.05, 3.63) is 58.9 Å². The van der Waals surface area contributed by atoms with Gasteiger partial charge in [0.15, 0.2) is 0 Å². The van der Waals surface area contributed by atoms with Gasteiger partial charge in [-0.25, -0.2) is 4.98 Å². The summed E-state index contributed by atoms with van der Waals surface area (Å²) in [5, 5.41) is 17.1. The molecule has 202 valence electrons. The summed E-state index contributed by atoms with van der Waals surface area (Å²) in [5.41, 5.74) is 1.47. The highest BCUT2D eigenvalue weighted by molar-refractivity contribution is 6.30. The zero-order chi connectivity index (χ0) is 27.1. The maximum absolute atomic E-state index is 13.5. The van der Waals surface area contributed by atoms with Gasteiger partial charge in [0.2, 0.25) is 11.8 Å². The molecule has 0 radical (unpaired) electrons. The van der Waals surface area contributed by atoms with Crippen LogP contribution in [0.15, 0.2) is 36.9 Å². The number of benzene rings is 1. The summed E-state index contributed by atoms with van der Waals surface area (Å²) in [6, 6.07) is 2.89. The van der Waals surface area contributed by atoms with Crippen molar-refractivity contribution in [2.75, 3.05) is 6.61 Å². The SMILES string of the molecule is CC(C)C[C@H]1NC(=O)[C@H](Cc2cnc[nH]2)NC(=O)c2ccc(Cl)cc2OCCCn2cc(nn2)CNC1=O. The molecule has 0 spiro atoms. The van der Waals surface area contributed by atoms with E-state index in [0.29, 0.717) is 48.2 Å². The van der Waals surface area contributed by atoms with Gasteiger partial charge in [0.05, 0.1) is 31.2 Å². The Balaban J connectivity index is 1.65. The van der Waals surface area contributed by atoms with E-state index in [9.17, 15) is 14.4 Å². The largest absolute Gasteiger partial charge is 0.493 e. The third kappa shape index (κ3) is 7.31. The molecule has 1 aliphatic heterocycles. The van der Waals surface area contributed by atoms with Crippen molar-refractivity contribution in [2.24, 2.45) is 5.92 Å². The number of fused-ring (bicyclic) bond motifs is 3. The number of H-pyrrole nitrogens is 1. The number of aromatic amines is 1. The van der Waals surface area contributed by atoms with Crippen LogP contribution in [0, 0.1) is 5.92 Å². The van der Waals surface area contributed by atoms with E-state index in [2.05, 4.69) is 36.2 Å². The summed E-state index contributed by atoms with van der Waals surface area (Å²) in [4.78, 5) is 46.9. The fraction of sp³-hybridized carbons (Fsp3) is 0.440. The van der Waals surface area contributed by atoms with E-state index in [-0.39, 0.29) is 30.4 Å². The van der Waals surface area contributed by atoms with Crippen molar-refractivity contribution in [3.63, 3.8) is 0 Å². The van der Waals surface area contributed by atoms with Gasteiger partial charge in [0, 0.05) is 36.3 Å². The first-order valence-corrected chi connectivity index (χ1v) is 12.8. The minimum atomic E-state index is -0.993. The van der Waals surface area contributed by atoms with Crippen LogP contribution < -0.4 is 20.7 Å². The highest BCUT2D eigenvalue weighted by atomic mass is 35.5. The Morgan fingerprint density at radius 1 is 1.16 bits per heavy atom. The molecule has 3 heterocycles. The summed E-state index contributed by atoms with van der Waals surface area (Å²) < 4.78 is 7.55. The average Bonchev–Trinajstić information content (AvgIpc) is 3.55. The number of nitrogens with one attached hydrogen (secondary N) is 4. The zero-order valence-electron chi connectivity index (χ0n) is 21.2. The summed E-state index contributed by atoms with van der Waals surface area (Å²) in [5.74, 6) is -0.935. The number of carbonyl (C=O) groups excluding carboxylic acids is 3. The fourth-order valence-corrected chi connectivity index (χ4v) is 4.24. The first-order chi connectivity index (χ1) is 18.3. The number of nitrogens with zero attached hydrogens (tertiary/aromatic N) is 4. The number of halogens is 1. The standard InChI is InChI=1S/C25H31ClN8O4/c1-15(2)8-20-24(36)28-12-18-13-34(33-32-18)6-3-7-38-22-9-16(26)4-5-19(22)23(35)30-21(25(37)31-20)10-17-11-27-14-29-17/h4-5,9,11,13-15,20-21H,3,6-8,10,12H2,1-2H3,(H,27,29)(H,28,36)(H,30,35)(H,31,37)/t20-,21+/m1/s1. The molecule has 1 aliphatic rings. The monoisotopic (exact) mass is 542 g/mol. The Hall–Kier alpha value is -3.93. The van der Waals surface area contributed by atoms with Crippen LogP contribution in [-0.4, -0.2) is 61.4 Å². The highest BCUT2D eigenvalue weighted by Crippen LogP contribution is 2.24. The van der Waals surface area contributed by atoms with E-state index in [1.165, 1.54) is 6.33 Å². The van der Waals surface area contributed by atoms with E-state index in [1.807, 2.05) is 13.8 Å². The summed E-state index contributed by atoms with van der Waals surface area (Å²) in [6.45, 7) is 4.91. The molecule has 12 nitrogen and oxygen atoms in total. The molecule has 0 aliphatic carbocycles. The highest BCUT2D eigenvalue weighted by Gasteiger charge is 2.29. The molecule has 2 aromatic heterocycles. The van der Waals surface area contributed by atoms with Crippen molar-refractivity contribution >= 4 is 29.3 Å². The van der Waals surface area contributed by atoms with Crippen LogP contribution in [0.1, 0.15) is 48.4 Å². The second-order valence-electron chi connectivity index (χ2n) is 9.53. The maximum atomic E-state index is 13.5. The third-order valence-corrected chi connectivity index (χ3v) is 6.18. The fourth-order valence-electron chi connectivity index (χ4n) is 4.08. The quantitative estimate of drug-likeness (QED) is 0.390. The minimum absolute atomic E-state index is 0.124. The van der Waals surface area contributed by atoms with Crippen molar-refractivity contribution in [2.45, 2.75) is 58.3 Å². The van der Waals surface area contributed by atoms with Crippen LogP contribution in [0.5, 0.6) is 5.75 Å². The second kappa shape index (κ2) is 12.5. The van der Waals surface area contributed by atoms with Crippen LogP contribution in [0.3, 0.4) is 0 Å². The molecular formula is C25H31ClN8O4. The van der Waals surface area contributed by atoms with E-state index in [0.717, 1.165) is 0 Å². The molecule has 2 bridgehead atoms. The molecule has 2 atom stereocenters. The molecule has 13 heteroatoms. The molecular weight excluding hydrogens is 512 g/mol. The topological polar surface area (TPSA) is 156 Å². The minimum Gasteiger partial charge on any atom is -0.493 e. The first-order valence-electron chi connectivity index (χ1n) is 12.5. The Bertz CT molecular complexity index is 1260. The lowest BCUT2D eigenvalue weighted by atomic mass is 10.0. The summed E-state index contributed by atoms with van der Waals surface area (Å²) in [6.07, 6.45) is 5.95. The maximum Gasteiger partial charge on any atom is 0.255 e.